The van der Waals surface area contributed by atoms with E-state index in [1.54, 1.807) is 0 Å². The summed E-state index contributed by atoms with van der Waals surface area (Å²) < 4.78 is 13.0. The van der Waals surface area contributed by atoms with Gasteiger partial charge in [0, 0.05) is 37.4 Å². The third-order valence-electron chi connectivity index (χ3n) is 9.53. The van der Waals surface area contributed by atoms with Gasteiger partial charge in [0.25, 0.3) is 0 Å². The number of fused-ring (bicyclic) bond motifs is 2. The molecule has 11 nitrogen and oxygen atoms in total. The molecule has 0 bridgehead atoms. The van der Waals surface area contributed by atoms with Gasteiger partial charge in [-0.3, -0.25) is 24.0 Å². The predicted molar refractivity (Wildman–Crippen MR) is 174 cm³/mol. The van der Waals surface area contributed by atoms with Crippen LogP contribution in [0.25, 0.3) is 11.2 Å². The number of hydrogen-bond acceptors (Lipinski definition) is 9. The highest BCUT2D eigenvalue weighted by molar-refractivity contribution is 6.08. The molecule has 45 heavy (non-hydrogen) atoms. The van der Waals surface area contributed by atoms with Gasteiger partial charge in [-0.15, -0.1) is 12.8 Å². The molecule has 0 aromatic carbocycles. The minimum atomic E-state index is -0.436. The maximum atomic E-state index is 13.8. The summed E-state index contributed by atoms with van der Waals surface area (Å²) >= 11 is 0. The van der Waals surface area contributed by atoms with Gasteiger partial charge in [0.1, 0.15) is 12.4 Å². The summed E-state index contributed by atoms with van der Waals surface area (Å²) in [6.45, 7) is 8.85. The molecule has 1 saturated carbocycles. The summed E-state index contributed by atoms with van der Waals surface area (Å²) in [7, 11) is 0. The Bertz CT molecular complexity index is 1410. The van der Waals surface area contributed by atoms with Crippen LogP contribution >= 0.6 is 0 Å². The van der Waals surface area contributed by atoms with Crippen LogP contribution in [0.2, 0.25) is 0 Å². The molecule has 4 aliphatic rings. The molecular weight excluding hydrogens is 572 g/mol. The lowest BCUT2D eigenvalue weighted by Gasteiger charge is -2.31. The van der Waals surface area contributed by atoms with Gasteiger partial charge in [-0.2, -0.15) is 4.98 Å². The van der Waals surface area contributed by atoms with Gasteiger partial charge in [0.15, 0.2) is 11.2 Å². The van der Waals surface area contributed by atoms with Crippen LogP contribution in [0.5, 0.6) is 5.88 Å². The number of Topliss-reactive ketones (excluding diaryl/α,β-unsaturated/α-hetero) is 2. The van der Waals surface area contributed by atoms with E-state index in [2.05, 4.69) is 32.7 Å². The highest BCUT2D eigenvalue weighted by atomic mass is 16.5. The van der Waals surface area contributed by atoms with Crippen LogP contribution < -0.4 is 16.2 Å². The van der Waals surface area contributed by atoms with Crippen molar-refractivity contribution in [1.82, 2.24) is 24.4 Å². The predicted octanol–water partition coefficient (Wildman–Crippen LogP) is 4.54. The van der Waals surface area contributed by atoms with Crippen molar-refractivity contribution in [3.05, 3.63) is 27.6 Å². The van der Waals surface area contributed by atoms with Crippen molar-refractivity contribution in [3.63, 3.8) is 0 Å². The lowest BCUT2D eigenvalue weighted by atomic mass is 9.83. The number of aromatic amines is 1. The highest BCUT2D eigenvalue weighted by Gasteiger charge is 2.45. The van der Waals surface area contributed by atoms with E-state index in [0.29, 0.717) is 55.6 Å². The number of imidazole rings is 1. The van der Waals surface area contributed by atoms with Crippen molar-refractivity contribution in [2.24, 2.45) is 11.7 Å². The van der Waals surface area contributed by atoms with Gasteiger partial charge in [-0.25, -0.2) is 9.78 Å². The quantitative estimate of drug-likeness (QED) is 0.234. The maximum absolute atomic E-state index is 13.8. The zero-order chi connectivity index (χ0) is 32.4. The average molecular weight is 623 g/mol. The number of nitrogens with one attached hydrogen (secondary N) is 1. The Labute approximate surface area is 266 Å². The first-order valence-corrected chi connectivity index (χ1v) is 16.7. The fourth-order valence-corrected chi connectivity index (χ4v) is 7.19. The van der Waals surface area contributed by atoms with Crippen molar-refractivity contribution in [3.8, 4) is 18.7 Å². The standard InChI is InChI=1S/C27H38N6O4.C5H10O.C2H2/c1-3-9-18(20(28)17-10-5-6-11-19(17)34)22(35)24-29-23-21(33(4-2)26(36)31-23)25(30-24)37-16-27-12-7-14-32(27)15-8-13-27;1-2-4-6-5-3-1;1-2/h17H,3-16,28H2,1-2H3,(H,29,30,31,36);1-5H2;1-2H/b20-18-;;/t17-;;/m0../s1. The maximum Gasteiger partial charge on any atom is 0.327 e. The normalized spacial score (nSPS) is 21.6. The Kier molecular flexibility index (Phi) is 12.4. The van der Waals surface area contributed by atoms with Crippen molar-refractivity contribution in [1.29, 1.82) is 0 Å². The van der Waals surface area contributed by atoms with Gasteiger partial charge in [-0.05, 0) is 84.2 Å². The van der Waals surface area contributed by atoms with Crippen molar-refractivity contribution in [2.45, 2.75) is 109 Å². The molecule has 3 saturated heterocycles. The second-order valence-corrected chi connectivity index (χ2v) is 12.4. The van der Waals surface area contributed by atoms with Crippen molar-refractivity contribution in [2.75, 3.05) is 32.9 Å². The molecule has 3 N–H and O–H groups in total. The number of nitrogens with two attached hydrogens (primary N) is 1. The minimum Gasteiger partial charge on any atom is -0.474 e. The monoisotopic (exact) mass is 622 g/mol. The minimum absolute atomic E-state index is 0.0197. The lowest BCUT2D eigenvalue weighted by molar-refractivity contribution is -0.123. The number of nitrogens with zero attached hydrogens (tertiary/aromatic N) is 4. The highest BCUT2D eigenvalue weighted by Crippen LogP contribution is 2.39. The van der Waals surface area contributed by atoms with E-state index in [-0.39, 0.29) is 34.4 Å². The number of allylic oxidation sites excluding steroid dienone is 2. The molecule has 6 rings (SSSR count). The summed E-state index contributed by atoms with van der Waals surface area (Å²) in [6, 6.07) is 0. The molecule has 0 amide bonds. The number of carbonyl (C=O) groups excluding carboxylic acids is 2. The second-order valence-electron chi connectivity index (χ2n) is 12.4. The zero-order valence-electron chi connectivity index (χ0n) is 27.1. The van der Waals surface area contributed by atoms with Crippen LogP contribution in [-0.4, -0.2) is 74.4 Å². The zero-order valence-corrected chi connectivity index (χ0v) is 27.1. The van der Waals surface area contributed by atoms with Crippen LogP contribution in [0.1, 0.15) is 108 Å². The first-order chi connectivity index (χ1) is 21.9. The Morgan fingerprint density at radius 1 is 1.04 bits per heavy atom. The summed E-state index contributed by atoms with van der Waals surface area (Å²) in [5.41, 5.74) is 7.63. The van der Waals surface area contributed by atoms with E-state index < -0.39 is 11.7 Å². The van der Waals surface area contributed by atoms with Crippen LogP contribution in [0, 0.1) is 18.8 Å². The molecule has 0 spiro atoms. The molecule has 0 radical (unpaired) electrons. The summed E-state index contributed by atoms with van der Waals surface area (Å²) in [5.74, 6) is -0.573. The number of H-pyrrole nitrogens is 1. The number of hydrogen-bond donors (Lipinski definition) is 2. The van der Waals surface area contributed by atoms with Crippen LogP contribution in [0.3, 0.4) is 0 Å². The Balaban J connectivity index is 0.000000509. The van der Waals surface area contributed by atoms with E-state index in [0.717, 1.165) is 64.8 Å². The van der Waals surface area contributed by atoms with Crippen LogP contribution in [-0.2, 0) is 16.1 Å². The molecule has 5 heterocycles. The third kappa shape index (κ3) is 7.67. The summed E-state index contributed by atoms with van der Waals surface area (Å²) in [4.78, 5) is 53.3. The van der Waals surface area contributed by atoms with E-state index in [1.807, 2.05) is 13.8 Å². The van der Waals surface area contributed by atoms with E-state index in [1.165, 1.54) is 23.8 Å². The largest absolute Gasteiger partial charge is 0.474 e. The third-order valence-corrected chi connectivity index (χ3v) is 9.53. The van der Waals surface area contributed by atoms with E-state index in [4.69, 9.17) is 15.2 Å². The van der Waals surface area contributed by atoms with Gasteiger partial charge in [0.05, 0.1) is 11.5 Å². The van der Waals surface area contributed by atoms with Gasteiger partial charge >= 0.3 is 5.69 Å². The Hall–Kier alpha value is -3.49. The molecular formula is C34H50N6O5. The molecule has 0 unspecified atom stereocenters. The molecule has 1 atom stereocenters. The molecule has 2 aromatic heterocycles. The first-order valence-electron chi connectivity index (χ1n) is 16.7. The van der Waals surface area contributed by atoms with E-state index in [9.17, 15) is 14.4 Å². The first kappa shape index (κ1) is 34.4. The number of ether oxygens (including phenoxy) is 2. The topological polar surface area (TPSA) is 145 Å². The number of rotatable bonds is 9. The van der Waals surface area contributed by atoms with Gasteiger partial charge < -0.3 is 15.2 Å². The molecule has 2 aromatic rings. The molecule has 3 aliphatic heterocycles. The molecule has 1 aliphatic carbocycles. The fourth-order valence-electron chi connectivity index (χ4n) is 7.19. The number of ketones is 2. The SMILES string of the molecule is C#C.C1CCOCC1.CCC/C(C(=O)c1nc(OCC23CCCN2CCC3)c2c(n1)[nH]c(=O)n2CC)=C(/N)[C@H]1CCCCC1=O. The number of terminal acetylenes is 1. The average Bonchev–Trinajstić information content (AvgIpc) is 3.76. The molecule has 246 valence electrons. The molecule has 4 fully saturated rings. The second kappa shape index (κ2) is 16.2. The number of carbonyl (C=O) groups is 2. The van der Waals surface area contributed by atoms with Crippen LogP contribution in [0.15, 0.2) is 16.1 Å². The molecule has 11 heteroatoms. The van der Waals surface area contributed by atoms with Crippen molar-refractivity contribution >= 4 is 22.7 Å². The summed E-state index contributed by atoms with van der Waals surface area (Å²) in [5, 5.41) is 0. The van der Waals surface area contributed by atoms with Gasteiger partial charge in [0.2, 0.25) is 17.5 Å². The Morgan fingerprint density at radius 3 is 2.33 bits per heavy atom. The summed E-state index contributed by atoms with van der Waals surface area (Å²) in [6.07, 6.45) is 20.4. The van der Waals surface area contributed by atoms with Crippen molar-refractivity contribution < 1.29 is 19.1 Å². The number of aromatic nitrogens is 4. The fraction of sp³-hybridized carbons (Fsp3) is 0.676. The smallest absolute Gasteiger partial charge is 0.327 e. The lowest BCUT2D eigenvalue weighted by Crippen LogP contribution is -2.43. The van der Waals surface area contributed by atoms with Crippen LogP contribution in [0.4, 0.5) is 0 Å². The van der Waals surface area contributed by atoms with E-state index >= 15 is 0 Å². The number of aryl methyl sites for hydroxylation is 1. The van der Waals surface area contributed by atoms with Gasteiger partial charge in [-0.1, -0.05) is 19.8 Å². The Morgan fingerprint density at radius 2 is 1.76 bits per heavy atom.